The first kappa shape index (κ1) is 10.4. The molecule has 6 heteroatoms. The van der Waals surface area contributed by atoms with Crippen LogP contribution in [0, 0.1) is 0 Å². The summed E-state index contributed by atoms with van der Waals surface area (Å²) >= 11 is 0. The molecule has 1 rings (SSSR count). The number of allylic oxidation sites excluding steroid dienone is 1. The molecule has 1 unspecified atom stereocenters. The second-order valence-corrected chi connectivity index (χ2v) is 3.11. The van der Waals surface area contributed by atoms with E-state index in [1.165, 1.54) is 0 Å². The fourth-order valence-corrected chi connectivity index (χ4v) is 1.30. The van der Waals surface area contributed by atoms with E-state index in [1.54, 1.807) is 0 Å². The van der Waals surface area contributed by atoms with E-state index in [0.717, 1.165) is 0 Å². The minimum Gasteiger partial charge on any atom is -0.227 e. The molecular weight excluding hydrogens is 198 g/mol. The van der Waals surface area contributed by atoms with Crippen molar-refractivity contribution in [2.24, 2.45) is 0 Å². The maximum Gasteiger partial charge on any atom is 0.428 e. The average molecular weight is 204 g/mol. The van der Waals surface area contributed by atoms with Crippen molar-refractivity contribution in [3.8, 4) is 0 Å². The van der Waals surface area contributed by atoms with Crippen molar-refractivity contribution in [1.29, 1.82) is 0 Å². The summed E-state index contributed by atoms with van der Waals surface area (Å²) in [6.07, 6.45) is -8.12. The molecule has 13 heavy (non-hydrogen) atoms. The Labute approximate surface area is 70.2 Å². The third-order valence-electron chi connectivity index (χ3n) is 1.99. The third kappa shape index (κ3) is 1.32. The summed E-state index contributed by atoms with van der Waals surface area (Å²) in [5.74, 6) is -4.39. The topological polar surface area (TPSA) is 0 Å². The first-order chi connectivity index (χ1) is 5.60. The minimum atomic E-state index is -5.55. The van der Waals surface area contributed by atoms with Crippen LogP contribution in [-0.4, -0.2) is 17.8 Å². The first-order valence-electron chi connectivity index (χ1n) is 3.40. The van der Waals surface area contributed by atoms with Gasteiger partial charge in [0.2, 0.25) is 0 Å². The lowest BCUT2D eigenvalue weighted by atomic mass is 10.0. The summed E-state index contributed by atoms with van der Waals surface area (Å²) in [6, 6.07) is 0. The van der Waals surface area contributed by atoms with Gasteiger partial charge in [-0.2, -0.15) is 13.2 Å². The molecule has 76 valence electrons. The highest BCUT2D eigenvalue weighted by atomic mass is 19.4. The van der Waals surface area contributed by atoms with Gasteiger partial charge in [-0.1, -0.05) is 12.2 Å². The fourth-order valence-electron chi connectivity index (χ4n) is 1.30. The van der Waals surface area contributed by atoms with Crippen LogP contribution < -0.4 is 0 Å². The van der Waals surface area contributed by atoms with Gasteiger partial charge in [0.1, 0.15) is 0 Å². The van der Waals surface area contributed by atoms with Gasteiger partial charge >= 0.3 is 6.18 Å². The van der Waals surface area contributed by atoms with E-state index in [1.807, 2.05) is 0 Å². The summed E-state index contributed by atoms with van der Waals surface area (Å²) in [4.78, 5) is 0. The summed E-state index contributed by atoms with van der Waals surface area (Å²) < 4.78 is 73.8. The van der Waals surface area contributed by atoms with Gasteiger partial charge < -0.3 is 0 Å². The van der Waals surface area contributed by atoms with E-state index in [-0.39, 0.29) is 0 Å². The Morgan fingerprint density at radius 2 is 1.54 bits per heavy atom. The van der Waals surface area contributed by atoms with Crippen LogP contribution in [0.15, 0.2) is 12.2 Å². The van der Waals surface area contributed by atoms with Crippen molar-refractivity contribution in [2.45, 2.75) is 30.6 Å². The van der Waals surface area contributed by atoms with E-state index in [2.05, 4.69) is 6.58 Å². The Balaban J connectivity index is 3.10. The highest BCUT2D eigenvalue weighted by Crippen LogP contribution is 2.56. The van der Waals surface area contributed by atoms with Gasteiger partial charge in [-0.05, 0) is 0 Å². The fraction of sp³-hybridized carbons (Fsp3) is 0.714. The lowest BCUT2D eigenvalue weighted by Crippen LogP contribution is -2.51. The van der Waals surface area contributed by atoms with Gasteiger partial charge in [0.15, 0.2) is 0 Å². The van der Waals surface area contributed by atoms with Crippen molar-refractivity contribution in [1.82, 2.24) is 0 Å². The van der Waals surface area contributed by atoms with Crippen LogP contribution in [-0.2, 0) is 0 Å². The molecule has 0 N–H and O–H groups in total. The molecule has 0 aromatic heterocycles. The summed E-state index contributed by atoms with van der Waals surface area (Å²) in [5.41, 5.74) is -4.85. The molecule has 1 saturated carbocycles. The molecule has 0 heterocycles. The number of hydrogen-bond donors (Lipinski definition) is 0. The monoisotopic (exact) mass is 204 g/mol. The quantitative estimate of drug-likeness (QED) is 0.419. The van der Waals surface area contributed by atoms with E-state index in [4.69, 9.17) is 0 Å². The van der Waals surface area contributed by atoms with Crippen molar-refractivity contribution in [3.05, 3.63) is 12.2 Å². The van der Waals surface area contributed by atoms with Gasteiger partial charge in [0.25, 0.3) is 11.6 Å². The Hall–Kier alpha value is -0.680. The molecule has 0 aromatic carbocycles. The molecule has 0 aliphatic heterocycles. The Bertz CT molecular complexity index is 240. The van der Waals surface area contributed by atoms with Crippen LogP contribution in [0.1, 0.15) is 12.8 Å². The predicted molar refractivity (Wildman–Crippen MR) is 33.2 cm³/mol. The van der Waals surface area contributed by atoms with Crippen molar-refractivity contribution in [3.63, 3.8) is 0 Å². The molecule has 1 atom stereocenters. The third-order valence-corrected chi connectivity index (χ3v) is 1.99. The maximum atomic E-state index is 12.9. The summed E-state index contributed by atoms with van der Waals surface area (Å²) in [5, 5.41) is 0. The van der Waals surface area contributed by atoms with Gasteiger partial charge in [0.05, 0.1) is 0 Å². The minimum absolute atomic E-state index is 0.412. The predicted octanol–water partition coefficient (Wildman–Crippen LogP) is 3.24. The standard InChI is InChI=1S/C7H6F6/c1-4-2-5(8,7(11,12)13)6(9,10)3-4/h1-3H2. The van der Waals surface area contributed by atoms with Crippen LogP contribution in [0.2, 0.25) is 0 Å². The van der Waals surface area contributed by atoms with Gasteiger partial charge in [-0.3, -0.25) is 0 Å². The molecule has 1 fully saturated rings. The SMILES string of the molecule is C=C1CC(F)(F)C(F)(C(F)(F)F)C1. The van der Waals surface area contributed by atoms with E-state index < -0.39 is 36.2 Å². The largest absolute Gasteiger partial charge is 0.428 e. The highest BCUT2D eigenvalue weighted by Gasteiger charge is 2.73. The van der Waals surface area contributed by atoms with E-state index in [9.17, 15) is 26.3 Å². The second-order valence-electron chi connectivity index (χ2n) is 3.11. The molecule has 0 spiro atoms. The molecule has 0 nitrogen and oxygen atoms in total. The van der Waals surface area contributed by atoms with Crippen LogP contribution in [0.4, 0.5) is 26.3 Å². The van der Waals surface area contributed by atoms with E-state index in [0.29, 0.717) is 0 Å². The number of rotatable bonds is 0. The molecule has 0 radical (unpaired) electrons. The first-order valence-corrected chi connectivity index (χ1v) is 3.40. The lowest BCUT2D eigenvalue weighted by Gasteiger charge is -2.28. The van der Waals surface area contributed by atoms with Crippen molar-refractivity contribution in [2.75, 3.05) is 0 Å². The van der Waals surface area contributed by atoms with Gasteiger partial charge in [-0.25, -0.2) is 13.2 Å². The van der Waals surface area contributed by atoms with Crippen LogP contribution >= 0.6 is 0 Å². The maximum absolute atomic E-state index is 12.9. The smallest absolute Gasteiger partial charge is 0.227 e. The number of alkyl halides is 6. The molecule has 1 aliphatic carbocycles. The van der Waals surface area contributed by atoms with Crippen LogP contribution in [0.25, 0.3) is 0 Å². The zero-order chi connectivity index (χ0) is 10.5. The molecule has 1 aliphatic rings. The average Bonchev–Trinajstić information content (AvgIpc) is 2.00. The summed E-state index contributed by atoms with van der Waals surface area (Å²) in [7, 11) is 0. The Kier molecular flexibility index (Phi) is 1.94. The van der Waals surface area contributed by atoms with Gasteiger partial charge in [0, 0.05) is 12.8 Å². The van der Waals surface area contributed by atoms with Crippen molar-refractivity contribution < 1.29 is 26.3 Å². The zero-order valence-corrected chi connectivity index (χ0v) is 6.39. The molecule has 0 amide bonds. The van der Waals surface area contributed by atoms with Gasteiger partial charge in [-0.15, -0.1) is 0 Å². The summed E-state index contributed by atoms with van der Waals surface area (Å²) in [6.45, 7) is 2.94. The number of halogens is 6. The molecule has 0 bridgehead atoms. The second kappa shape index (κ2) is 2.42. The van der Waals surface area contributed by atoms with E-state index >= 15 is 0 Å². The van der Waals surface area contributed by atoms with Crippen molar-refractivity contribution >= 4 is 0 Å². The molecular formula is C7H6F6. The normalized spacial score (nSPS) is 33.8. The van der Waals surface area contributed by atoms with Crippen LogP contribution in [0.5, 0.6) is 0 Å². The number of hydrogen-bond acceptors (Lipinski definition) is 0. The Morgan fingerprint density at radius 1 is 1.08 bits per heavy atom. The zero-order valence-electron chi connectivity index (χ0n) is 6.39. The molecule has 0 saturated heterocycles. The lowest BCUT2D eigenvalue weighted by molar-refractivity contribution is -0.290. The highest BCUT2D eigenvalue weighted by molar-refractivity contribution is 5.20. The molecule has 0 aromatic rings. The van der Waals surface area contributed by atoms with Crippen LogP contribution in [0.3, 0.4) is 0 Å². The Morgan fingerprint density at radius 3 is 1.69 bits per heavy atom.